The van der Waals surface area contributed by atoms with Crippen molar-refractivity contribution < 1.29 is 4.21 Å². The minimum absolute atomic E-state index is 0.390. The maximum atomic E-state index is 11.1. The van der Waals surface area contributed by atoms with Gasteiger partial charge in [-0.2, -0.15) is 0 Å². The van der Waals surface area contributed by atoms with Crippen molar-refractivity contribution in [2.75, 3.05) is 12.0 Å². The average molecular weight is 231 g/mol. The lowest BCUT2D eigenvalue weighted by atomic mass is 9.79. The molecule has 15 heavy (non-hydrogen) atoms. The van der Waals surface area contributed by atoms with E-state index in [1.54, 1.807) is 6.26 Å². The van der Waals surface area contributed by atoms with Crippen molar-refractivity contribution in [3.8, 4) is 0 Å². The first kappa shape index (κ1) is 13.2. The average Bonchev–Trinajstić information content (AvgIpc) is 2.10. The fourth-order valence-corrected chi connectivity index (χ4v) is 3.30. The van der Waals surface area contributed by atoms with Crippen molar-refractivity contribution in [3.63, 3.8) is 0 Å². The Morgan fingerprint density at radius 1 is 1.33 bits per heavy atom. The quantitative estimate of drug-likeness (QED) is 0.803. The van der Waals surface area contributed by atoms with E-state index in [0.29, 0.717) is 12.1 Å². The summed E-state index contributed by atoms with van der Waals surface area (Å²) >= 11 is 0. The van der Waals surface area contributed by atoms with Gasteiger partial charge >= 0.3 is 0 Å². The Kier molecular flexibility index (Phi) is 5.27. The van der Waals surface area contributed by atoms with Gasteiger partial charge in [0.15, 0.2) is 0 Å². The van der Waals surface area contributed by atoms with Crippen LogP contribution in [0.4, 0.5) is 0 Å². The van der Waals surface area contributed by atoms with Crippen molar-refractivity contribution in [3.05, 3.63) is 0 Å². The highest BCUT2D eigenvalue weighted by atomic mass is 32.2. The topological polar surface area (TPSA) is 29.1 Å². The van der Waals surface area contributed by atoms with Crippen LogP contribution in [0.3, 0.4) is 0 Å². The van der Waals surface area contributed by atoms with Gasteiger partial charge in [0.05, 0.1) is 0 Å². The summed E-state index contributed by atoms with van der Waals surface area (Å²) in [6.45, 7) is 6.84. The molecule has 5 atom stereocenters. The van der Waals surface area contributed by atoms with E-state index >= 15 is 0 Å². The fraction of sp³-hybridized carbons (Fsp3) is 1.00. The molecule has 3 heteroatoms. The molecule has 2 nitrogen and oxygen atoms in total. The maximum Gasteiger partial charge on any atom is 0.0383 e. The molecule has 1 fully saturated rings. The van der Waals surface area contributed by atoms with E-state index < -0.39 is 10.8 Å². The van der Waals surface area contributed by atoms with Crippen molar-refractivity contribution in [2.24, 2.45) is 11.8 Å². The second-order valence-electron chi connectivity index (χ2n) is 5.27. The Bertz CT molecular complexity index is 220. The molecule has 1 aliphatic rings. The second-order valence-corrected chi connectivity index (χ2v) is 6.75. The van der Waals surface area contributed by atoms with Gasteiger partial charge < -0.3 is 5.32 Å². The molecule has 0 aromatic carbocycles. The van der Waals surface area contributed by atoms with Gasteiger partial charge in [0.1, 0.15) is 0 Å². The Hall–Kier alpha value is 0.110. The number of rotatable bonds is 4. The Labute approximate surface area is 96.7 Å². The van der Waals surface area contributed by atoms with Crippen LogP contribution in [0.5, 0.6) is 0 Å². The molecule has 0 radical (unpaired) electrons. The summed E-state index contributed by atoms with van der Waals surface area (Å²) < 4.78 is 11.1. The van der Waals surface area contributed by atoms with Crippen molar-refractivity contribution in [1.82, 2.24) is 5.32 Å². The summed E-state index contributed by atoms with van der Waals surface area (Å²) in [7, 11) is -0.678. The first-order chi connectivity index (χ1) is 6.99. The van der Waals surface area contributed by atoms with E-state index in [1.807, 2.05) is 0 Å². The molecule has 1 rings (SSSR count). The van der Waals surface area contributed by atoms with Crippen LogP contribution in [0.15, 0.2) is 0 Å². The molecular weight excluding hydrogens is 206 g/mol. The van der Waals surface area contributed by atoms with E-state index in [4.69, 9.17) is 0 Å². The van der Waals surface area contributed by atoms with Gasteiger partial charge in [-0.15, -0.1) is 0 Å². The minimum Gasteiger partial charge on any atom is -0.311 e. The molecular formula is C12H25NOS. The van der Waals surface area contributed by atoms with E-state index in [-0.39, 0.29) is 0 Å². The van der Waals surface area contributed by atoms with E-state index in [9.17, 15) is 4.21 Å². The van der Waals surface area contributed by atoms with Crippen molar-refractivity contribution >= 4 is 10.8 Å². The lowest BCUT2D eigenvalue weighted by molar-refractivity contribution is 0.220. The third-order valence-electron chi connectivity index (χ3n) is 3.60. The van der Waals surface area contributed by atoms with Gasteiger partial charge in [-0.3, -0.25) is 4.21 Å². The van der Waals surface area contributed by atoms with Gasteiger partial charge in [-0.25, -0.2) is 0 Å². The third-order valence-corrected chi connectivity index (χ3v) is 4.57. The fourth-order valence-electron chi connectivity index (χ4n) is 2.50. The van der Waals surface area contributed by atoms with Crippen LogP contribution in [-0.2, 0) is 10.8 Å². The molecule has 90 valence electrons. The molecule has 0 unspecified atom stereocenters. The van der Waals surface area contributed by atoms with Crippen LogP contribution in [0, 0.1) is 11.8 Å². The summed E-state index contributed by atoms with van der Waals surface area (Å²) in [5, 5.41) is 3.61. The SMILES string of the molecule is C[C@H](C[S@](C)=O)N[C@@H]1CC[C@H](C)[C@H](C)C1. The number of nitrogens with one attached hydrogen (secondary N) is 1. The molecule has 1 saturated carbocycles. The highest BCUT2D eigenvalue weighted by molar-refractivity contribution is 7.84. The first-order valence-electron chi connectivity index (χ1n) is 6.05. The van der Waals surface area contributed by atoms with Crippen LogP contribution in [0.2, 0.25) is 0 Å². The molecule has 0 heterocycles. The zero-order valence-corrected chi connectivity index (χ0v) is 11.3. The van der Waals surface area contributed by atoms with E-state index in [0.717, 1.165) is 17.6 Å². The smallest absolute Gasteiger partial charge is 0.0383 e. The summed E-state index contributed by atoms with van der Waals surface area (Å²) in [5.41, 5.74) is 0. The highest BCUT2D eigenvalue weighted by Crippen LogP contribution is 2.29. The van der Waals surface area contributed by atoms with Gasteiger partial charge in [0.25, 0.3) is 0 Å². The molecule has 0 bridgehead atoms. The largest absolute Gasteiger partial charge is 0.311 e. The second kappa shape index (κ2) is 6.00. The summed E-state index contributed by atoms with van der Waals surface area (Å²) in [6, 6.07) is 1.04. The molecule has 1 N–H and O–H groups in total. The van der Waals surface area contributed by atoms with Gasteiger partial charge in [0, 0.05) is 34.9 Å². The lowest BCUT2D eigenvalue weighted by Crippen LogP contribution is -2.43. The van der Waals surface area contributed by atoms with E-state index in [1.165, 1.54) is 19.3 Å². The van der Waals surface area contributed by atoms with Crippen LogP contribution in [-0.4, -0.2) is 28.3 Å². The highest BCUT2D eigenvalue weighted by Gasteiger charge is 2.25. The molecule has 0 aliphatic heterocycles. The van der Waals surface area contributed by atoms with Crippen LogP contribution in [0.25, 0.3) is 0 Å². The summed E-state index contributed by atoms with van der Waals surface area (Å²) in [6.07, 6.45) is 5.68. The zero-order valence-electron chi connectivity index (χ0n) is 10.5. The first-order valence-corrected chi connectivity index (χ1v) is 7.77. The number of hydrogen-bond donors (Lipinski definition) is 1. The molecule has 1 aliphatic carbocycles. The third kappa shape index (κ3) is 4.64. The number of hydrogen-bond acceptors (Lipinski definition) is 2. The Balaban J connectivity index is 2.30. The van der Waals surface area contributed by atoms with Gasteiger partial charge in [-0.05, 0) is 38.0 Å². The predicted octanol–water partition coefficient (Wildman–Crippen LogP) is 2.17. The van der Waals surface area contributed by atoms with Crippen LogP contribution in [0.1, 0.15) is 40.0 Å². The Morgan fingerprint density at radius 2 is 2.00 bits per heavy atom. The molecule has 0 saturated heterocycles. The Morgan fingerprint density at radius 3 is 2.53 bits per heavy atom. The predicted molar refractivity (Wildman–Crippen MR) is 67.5 cm³/mol. The zero-order chi connectivity index (χ0) is 11.4. The van der Waals surface area contributed by atoms with Crippen molar-refractivity contribution in [1.29, 1.82) is 0 Å². The summed E-state index contributed by atoms with van der Waals surface area (Å²) in [4.78, 5) is 0. The van der Waals surface area contributed by atoms with Gasteiger partial charge in [0.2, 0.25) is 0 Å². The van der Waals surface area contributed by atoms with Crippen molar-refractivity contribution in [2.45, 2.75) is 52.1 Å². The van der Waals surface area contributed by atoms with E-state index in [2.05, 4.69) is 26.1 Å². The standard InChI is InChI=1S/C12H25NOS/c1-9-5-6-12(7-10(9)2)13-11(3)8-15(4)14/h9-13H,5-8H2,1-4H3/t9-,10+,11+,12+,15-/m0/s1. The summed E-state index contributed by atoms with van der Waals surface area (Å²) in [5.74, 6) is 2.48. The minimum atomic E-state index is -0.678. The molecule has 0 spiro atoms. The molecule has 0 aromatic rings. The normalized spacial score (nSPS) is 36.1. The molecule has 0 aromatic heterocycles. The van der Waals surface area contributed by atoms with Crippen LogP contribution >= 0.6 is 0 Å². The maximum absolute atomic E-state index is 11.1. The van der Waals surface area contributed by atoms with Crippen LogP contribution < -0.4 is 5.32 Å². The van der Waals surface area contributed by atoms with Gasteiger partial charge in [-0.1, -0.05) is 13.8 Å². The monoisotopic (exact) mass is 231 g/mol. The molecule has 0 amide bonds. The lowest BCUT2D eigenvalue weighted by Gasteiger charge is -2.34.